The topological polar surface area (TPSA) is 63.6 Å². The van der Waals surface area contributed by atoms with Crippen molar-refractivity contribution in [3.8, 4) is 0 Å². The number of esters is 1. The van der Waals surface area contributed by atoms with Crippen LogP contribution in [0.2, 0.25) is 0 Å². The lowest BCUT2D eigenvalue weighted by Gasteiger charge is -2.10. The van der Waals surface area contributed by atoms with E-state index < -0.39 is 11.9 Å². The summed E-state index contributed by atoms with van der Waals surface area (Å²) < 4.78 is 4.97. The molecule has 0 fully saturated rings. The summed E-state index contributed by atoms with van der Waals surface area (Å²) in [5, 5.41) is 8.58. The van der Waals surface area contributed by atoms with Gasteiger partial charge in [0.2, 0.25) is 0 Å². The van der Waals surface area contributed by atoms with E-state index in [1.165, 1.54) is 13.0 Å². The van der Waals surface area contributed by atoms with E-state index in [9.17, 15) is 9.59 Å². The van der Waals surface area contributed by atoms with Crippen LogP contribution in [0.15, 0.2) is 23.8 Å². The first-order chi connectivity index (χ1) is 6.88. The second kappa shape index (κ2) is 6.01. The van der Waals surface area contributed by atoms with Crippen molar-refractivity contribution < 1.29 is 19.4 Å². The molecule has 15 heavy (non-hydrogen) atoms. The minimum atomic E-state index is -1.08. The van der Waals surface area contributed by atoms with Crippen LogP contribution in [0, 0.1) is 0 Å². The molecule has 0 saturated heterocycles. The first-order valence-electron chi connectivity index (χ1n) is 4.70. The fraction of sp³-hybridized carbons (Fsp3) is 0.455. The second-order valence-corrected chi connectivity index (χ2v) is 3.28. The highest BCUT2D eigenvalue weighted by molar-refractivity contribution is 5.95. The zero-order valence-electron chi connectivity index (χ0n) is 9.24. The summed E-state index contributed by atoms with van der Waals surface area (Å²) in [6.45, 7) is 8.49. The van der Waals surface area contributed by atoms with Gasteiger partial charge >= 0.3 is 11.9 Å². The standard InChI is InChI=1S/C11H16O4/c1-5-9(4)15-11(14)8(3)6-7(2)10(12)13/h6,9H,3,5H2,1-2,4H3,(H,12,13). The number of carboxylic acids is 1. The molecule has 1 atom stereocenters. The van der Waals surface area contributed by atoms with Crippen molar-refractivity contribution in [3.63, 3.8) is 0 Å². The maximum Gasteiger partial charge on any atom is 0.337 e. The highest BCUT2D eigenvalue weighted by Gasteiger charge is 2.11. The van der Waals surface area contributed by atoms with Gasteiger partial charge < -0.3 is 9.84 Å². The molecule has 0 spiro atoms. The Bertz CT molecular complexity index is 302. The summed E-state index contributed by atoms with van der Waals surface area (Å²) in [6.07, 6.45) is 1.72. The average molecular weight is 212 g/mol. The van der Waals surface area contributed by atoms with Gasteiger partial charge in [0.15, 0.2) is 0 Å². The van der Waals surface area contributed by atoms with Crippen LogP contribution in [0.4, 0.5) is 0 Å². The first-order valence-corrected chi connectivity index (χ1v) is 4.70. The third-order valence-corrected chi connectivity index (χ3v) is 1.87. The van der Waals surface area contributed by atoms with Gasteiger partial charge in [0.25, 0.3) is 0 Å². The number of hydrogen-bond acceptors (Lipinski definition) is 3. The van der Waals surface area contributed by atoms with Gasteiger partial charge in [-0.2, -0.15) is 0 Å². The Kier molecular flexibility index (Phi) is 5.37. The number of hydrogen-bond donors (Lipinski definition) is 1. The number of carboxylic acid groups (broad SMARTS) is 1. The summed E-state index contributed by atoms with van der Waals surface area (Å²) >= 11 is 0. The minimum Gasteiger partial charge on any atom is -0.478 e. The molecule has 0 aromatic heterocycles. The van der Waals surface area contributed by atoms with Crippen LogP contribution in [-0.2, 0) is 14.3 Å². The average Bonchev–Trinajstić information content (AvgIpc) is 2.16. The zero-order valence-corrected chi connectivity index (χ0v) is 9.24. The molecule has 4 heteroatoms. The Labute approximate surface area is 89.2 Å². The largest absolute Gasteiger partial charge is 0.478 e. The number of rotatable bonds is 5. The Morgan fingerprint density at radius 1 is 1.53 bits per heavy atom. The van der Waals surface area contributed by atoms with Gasteiger partial charge in [0.1, 0.15) is 0 Å². The zero-order chi connectivity index (χ0) is 12.0. The lowest BCUT2D eigenvalue weighted by molar-refractivity contribution is -0.143. The van der Waals surface area contributed by atoms with Gasteiger partial charge in [-0.3, -0.25) is 0 Å². The van der Waals surface area contributed by atoms with Gasteiger partial charge in [-0.25, -0.2) is 9.59 Å². The van der Waals surface area contributed by atoms with E-state index in [-0.39, 0.29) is 17.3 Å². The molecule has 0 heterocycles. The van der Waals surface area contributed by atoms with Crippen molar-refractivity contribution >= 4 is 11.9 Å². The second-order valence-electron chi connectivity index (χ2n) is 3.28. The smallest absolute Gasteiger partial charge is 0.337 e. The molecule has 0 aliphatic heterocycles. The van der Waals surface area contributed by atoms with Gasteiger partial charge in [0.05, 0.1) is 11.7 Å². The fourth-order valence-corrected chi connectivity index (χ4v) is 0.724. The minimum absolute atomic E-state index is 0.0511. The van der Waals surface area contributed by atoms with Crippen molar-refractivity contribution in [3.05, 3.63) is 23.8 Å². The molecule has 84 valence electrons. The highest BCUT2D eigenvalue weighted by Crippen LogP contribution is 2.06. The Hall–Kier alpha value is -1.58. The van der Waals surface area contributed by atoms with Crippen LogP contribution in [0.3, 0.4) is 0 Å². The predicted octanol–water partition coefficient (Wildman–Crippen LogP) is 1.92. The van der Waals surface area contributed by atoms with Gasteiger partial charge in [0, 0.05) is 5.57 Å². The monoisotopic (exact) mass is 212 g/mol. The summed E-state index contributed by atoms with van der Waals surface area (Å²) in [5.74, 6) is -1.66. The number of carbonyl (C=O) groups excluding carboxylic acids is 1. The van der Waals surface area contributed by atoms with Crippen molar-refractivity contribution in [2.24, 2.45) is 0 Å². The molecule has 0 rings (SSSR count). The first kappa shape index (κ1) is 13.4. The third kappa shape index (κ3) is 5.00. The van der Waals surface area contributed by atoms with Gasteiger partial charge in [-0.1, -0.05) is 13.5 Å². The maximum absolute atomic E-state index is 11.3. The molecular formula is C11H16O4. The van der Waals surface area contributed by atoms with Crippen LogP contribution < -0.4 is 0 Å². The normalized spacial score (nSPS) is 13.1. The molecule has 0 radical (unpaired) electrons. The number of aliphatic carboxylic acids is 1. The molecule has 1 N–H and O–H groups in total. The molecule has 0 aliphatic rings. The van der Waals surface area contributed by atoms with E-state index >= 15 is 0 Å². The van der Waals surface area contributed by atoms with E-state index in [0.29, 0.717) is 6.42 Å². The van der Waals surface area contributed by atoms with Crippen LogP contribution in [-0.4, -0.2) is 23.1 Å². The molecular weight excluding hydrogens is 196 g/mol. The Balaban J connectivity index is 4.41. The summed E-state index contributed by atoms with van der Waals surface area (Å²) in [5.41, 5.74) is 0.108. The maximum atomic E-state index is 11.3. The van der Waals surface area contributed by atoms with E-state index in [1.807, 2.05) is 6.92 Å². The van der Waals surface area contributed by atoms with E-state index in [1.54, 1.807) is 6.92 Å². The third-order valence-electron chi connectivity index (χ3n) is 1.87. The highest BCUT2D eigenvalue weighted by atomic mass is 16.5. The van der Waals surface area contributed by atoms with Gasteiger partial charge in [-0.15, -0.1) is 0 Å². The van der Waals surface area contributed by atoms with E-state index in [2.05, 4.69) is 6.58 Å². The van der Waals surface area contributed by atoms with Crippen LogP contribution in [0.1, 0.15) is 27.2 Å². The molecule has 4 nitrogen and oxygen atoms in total. The SMILES string of the molecule is C=C(C=C(C)C(=O)O)C(=O)OC(C)CC. The van der Waals surface area contributed by atoms with Crippen LogP contribution in [0.25, 0.3) is 0 Å². The molecule has 0 bridgehead atoms. The van der Waals surface area contributed by atoms with E-state index in [4.69, 9.17) is 9.84 Å². The molecule has 0 amide bonds. The van der Waals surface area contributed by atoms with Crippen LogP contribution in [0.5, 0.6) is 0 Å². The number of carbonyl (C=O) groups is 2. The summed E-state index contributed by atoms with van der Waals surface area (Å²) in [4.78, 5) is 21.8. The van der Waals surface area contributed by atoms with E-state index in [0.717, 1.165) is 0 Å². The molecule has 0 saturated carbocycles. The summed E-state index contributed by atoms with van der Waals surface area (Å²) in [6, 6.07) is 0. The van der Waals surface area contributed by atoms with Crippen molar-refractivity contribution in [1.82, 2.24) is 0 Å². The molecule has 0 aromatic carbocycles. The quantitative estimate of drug-likeness (QED) is 0.429. The molecule has 0 aliphatic carbocycles. The lowest BCUT2D eigenvalue weighted by Crippen LogP contribution is -2.15. The number of ether oxygens (including phenoxy) is 1. The molecule has 0 aromatic rings. The Morgan fingerprint density at radius 2 is 2.07 bits per heavy atom. The molecule has 1 unspecified atom stereocenters. The lowest BCUT2D eigenvalue weighted by atomic mass is 10.2. The fourth-order valence-electron chi connectivity index (χ4n) is 0.724. The van der Waals surface area contributed by atoms with Crippen molar-refractivity contribution in [2.75, 3.05) is 0 Å². The van der Waals surface area contributed by atoms with Gasteiger partial charge in [-0.05, 0) is 26.3 Å². The summed E-state index contributed by atoms with van der Waals surface area (Å²) in [7, 11) is 0. The Morgan fingerprint density at radius 3 is 2.47 bits per heavy atom. The van der Waals surface area contributed by atoms with Crippen LogP contribution >= 0.6 is 0 Å². The van der Waals surface area contributed by atoms with Crippen molar-refractivity contribution in [1.29, 1.82) is 0 Å². The van der Waals surface area contributed by atoms with Crippen molar-refractivity contribution in [2.45, 2.75) is 33.3 Å². The predicted molar refractivity (Wildman–Crippen MR) is 56.4 cm³/mol.